The molecule has 1 N–H and O–H groups in total. The second-order valence-corrected chi connectivity index (χ2v) is 10.9. The van der Waals surface area contributed by atoms with Crippen molar-refractivity contribution in [1.82, 2.24) is 4.90 Å². The van der Waals surface area contributed by atoms with Crippen molar-refractivity contribution in [2.75, 3.05) is 27.2 Å². The van der Waals surface area contributed by atoms with E-state index < -0.39 is 5.97 Å². The van der Waals surface area contributed by atoms with Gasteiger partial charge in [0.1, 0.15) is 0 Å². The highest BCUT2D eigenvalue weighted by atomic mass is 16.5. The van der Waals surface area contributed by atoms with Gasteiger partial charge in [0.2, 0.25) is 0 Å². The monoisotopic (exact) mass is 445 g/mol. The second kappa shape index (κ2) is 11.7. The average Bonchev–Trinajstić information content (AvgIpc) is 3.07. The minimum absolute atomic E-state index is 0.114. The number of unbranched alkanes of at least 4 members (excludes halogenated alkanes) is 4. The minimum Gasteiger partial charge on any atom is -0.481 e. The summed E-state index contributed by atoms with van der Waals surface area (Å²) in [5.41, 5.74) is 1.84. The van der Waals surface area contributed by atoms with E-state index in [4.69, 9.17) is 9.84 Å². The standard InChI is InChI=1S/C20H31NO.C8H16O2/c1-18(2)17-11-12-19(18,3)20(15-17,22-14-13-21(4)5)16-9-7-6-8-10-16;1-2-3-4-5-6-7-8(9)10/h6-10,17H,11-15H2,1-5H3;2-7H2,1H3,(H,9,10)/t17-,19-,20+;/m1./s1. The molecule has 0 unspecified atom stereocenters. The third kappa shape index (κ3) is 5.75. The summed E-state index contributed by atoms with van der Waals surface area (Å²) in [4.78, 5) is 12.2. The molecule has 3 atom stereocenters. The lowest BCUT2D eigenvalue weighted by atomic mass is 9.62. The minimum atomic E-state index is -0.670. The summed E-state index contributed by atoms with van der Waals surface area (Å²) in [5.74, 6) is 0.105. The van der Waals surface area contributed by atoms with Crippen molar-refractivity contribution in [2.45, 2.75) is 91.1 Å². The van der Waals surface area contributed by atoms with Crippen LogP contribution in [0.25, 0.3) is 0 Å². The first-order valence-corrected chi connectivity index (χ1v) is 12.7. The third-order valence-corrected chi connectivity index (χ3v) is 8.48. The van der Waals surface area contributed by atoms with Gasteiger partial charge in [-0.3, -0.25) is 4.79 Å². The van der Waals surface area contributed by atoms with Crippen molar-refractivity contribution < 1.29 is 14.6 Å². The summed E-state index contributed by atoms with van der Waals surface area (Å²) in [5, 5.41) is 8.27. The fourth-order valence-corrected chi connectivity index (χ4v) is 5.98. The fraction of sp³-hybridized carbons (Fsp3) is 0.750. The predicted octanol–water partition coefficient (Wildman–Crippen LogP) is 6.74. The fourth-order valence-electron chi connectivity index (χ4n) is 5.98. The van der Waals surface area contributed by atoms with Crippen molar-refractivity contribution in [2.24, 2.45) is 16.7 Å². The van der Waals surface area contributed by atoms with Crippen molar-refractivity contribution in [3.8, 4) is 0 Å². The van der Waals surface area contributed by atoms with E-state index in [0.29, 0.717) is 11.8 Å². The lowest BCUT2D eigenvalue weighted by Crippen LogP contribution is -2.47. The normalized spacial score (nSPS) is 27.9. The summed E-state index contributed by atoms with van der Waals surface area (Å²) in [6.07, 6.45) is 9.69. The summed E-state index contributed by atoms with van der Waals surface area (Å²) in [7, 11) is 4.23. The van der Waals surface area contributed by atoms with E-state index in [1.807, 2.05) is 0 Å². The Balaban J connectivity index is 0.000000309. The molecule has 2 saturated carbocycles. The molecular weight excluding hydrogens is 398 g/mol. The molecule has 0 amide bonds. The lowest BCUT2D eigenvalue weighted by Gasteiger charge is -2.49. The number of fused-ring (bicyclic) bond motifs is 2. The average molecular weight is 446 g/mol. The van der Waals surface area contributed by atoms with Crippen LogP contribution in [0.4, 0.5) is 0 Å². The van der Waals surface area contributed by atoms with E-state index in [2.05, 4.69) is 77.0 Å². The first-order valence-electron chi connectivity index (χ1n) is 12.7. The highest BCUT2D eigenvalue weighted by molar-refractivity contribution is 5.66. The number of hydrogen-bond acceptors (Lipinski definition) is 3. The molecule has 0 aliphatic heterocycles. The van der Waals surface area contributed by atoms with Crippen molar-refractivity contribution in [1.29, 1.82) is 0 Å². The smallest absolute Gasteiger partial charge is 0.303 e. The molecule has 3 rings (SSSR count). The van der Waals surface area contributed by atoms with Gasteiger partial charge < -0.3 is 14.7 Å². The maximum atomic E-state index is 10.0. The number of carboxylic acids is 1. The molecule has 0 aromatic heterocycles. The van der Waals surface area contributed by atoms with Gasteiger partial charge in [-0.25, -0.2) is 0 Å². The van der Waals surface area contributed by atoms with Crippen LogP contribution in [0.15, 0.2) is 30.3 Å². The first-order chi connectivity index (χ1) is 15.1. The number of rotatable bonds is 11. The van der Waals surface area contributed by atoms with Crippen LogP contribution < -0.4 is 0 Å². The number of ether oxygens (including phenoxy) is 1. The van der Waals surface area contributed by atoms with E-state index >= 15 is 0 Å². The van der Waals surface area contributed by atoms with Gasteiger partial charge in [-0.15, -0.1) is 0 Å². The van der Waals surface area contributed by atoms with E-state index in [9.17, 15) is 4.79 Å². The summed E-state index contributed by atoms with van der Waals surface area (Å²) >= 11 is 0. The van der Waals surface area contributed by atoms with Gasteiger partial charge in [0.25, 0.3) is 0 Å². The Labute approximate surface area is 196 Å². The molecule has 182 valence electrons. The Hall–Kier alpha value is -1.39. The number of benzene rings is 1. The Kier molecular flexibility index (Phi) is 9.78. The van der Waals surface area contributed by atoms with Crippen LogP contribution in [0.1, 0.15) is 91.0 Å². The number of likely N-dealkylation sites (N-methyl/N-ethyl adjacent to an activating group) is 1. The van der Waals surface area contributed by atoms with Crippen molar-refractivity contribution >= 4 is 5.97 Å². The SMILES string of the molecule is CCCCCCCC(=O)O.CN(C)CCO[C@]1(c2ccccc2)C[C@H]2CC[C@]1(C)C2(C)C. The molecular formula is C28H47NO3. The summed E-state index contributed by atoms with van der Waals surface area (Å²) < 4.78 is 6.72. The molecule has 4 nitrogen and oxygen atoms in total. The van der Waals surface area contributed by atoms with Crippen LogP contribution in [0.2, 0.25) is 0 Å². The molecule has 32 heavy (non-hydrogen) atoms. The van der Waals surface area contributed by atoms with Gasteiger partial charge in [-0.05, 0) is 56.7 Å². The van der Waals surface area contributed by atoms with Crippen molar-refractivity contribution in [3.63, 3.8) is 0 Å². The van der Waals surface area contributed by atoms with Crippen molar-refractivity contribution in [3.05, 3.63) is 35.9 Å². The summed E-state index contributed by atoms with van der Waals surface area (Å²) in [6, 6.07) is 11.0. The number of hydrogen-bond donors (Lipinski definition) is 1. The van der Waals surface area contributed by atoms with Gasteiger partial charge >= 0.3 is 5.97 Å². The van der Waals surface area contributed by atoms with E-state index in [-0.39, 0.29) is 11.0 Å². The highest BCUT2D eigenvalue weighted by Crippen LogP contribution is 2.73. The van der Waals surface area contributed by atoms with Crippen LogP contribution in [-0.4, -0.2) is 43.2 Å². The summed E-state index contributed by atoms with van der Waals surface area (Å²) in [6.45, 7) is 11.3. The van der Waals surface area contributed by atoms with Crippen LogP contribution in [0.3, 0.4) is 0 Å². The van der Waals surface area contributed by atoms with Gasteiger partial charge in [-0.1, -0.05) is 83.7 Å². The van der Waals surface area contributed by atoms with Crippen LogP contribution >= 0.6 is 0 Å². The molecule has 2 fully saturated rings. The van der Waals surface area contributed by atoms with Crippen LogP contribution in [0, 0.1) is 16.7 Å². The molecule has 0 radical (unpaired) electrons. The second-order valence-electron chi connectivity index (χ2n) is 10.9. The van der Waals surface area contributed by atoms with Crippen LogP contribution in [0.5, 0.6) is 0 Å². The topological polar surface area (TPSA) is 49.8 Å². The van der Waals surface area contributed by atoms with Gasteiger partial charge in [0.15, 0.2) is 0 Å². The zero-order valence-corrected chi connectivity index (χ0v) is 21.5. The Morgan fingerprint density at radius 3 is 2.25 bits per heavy atom. The maximum Gasteiger partial charge on any atom is 0.303 e. The highest BCUT2D eigenvalue weighted by Gasteiger charge is 2.69. The third-order valence-electron chi connectivity index (χ3n) is 8.48. The number of nitrogens with zero attached hydrogens (tertiary/aromatic N) is 1. The first kappa shape index (κ1) is 26.9. The zero-order chi connectivity index (χ0) is 23.8. The Morgan fingerprint density at radius 2 is 1.75 bits per heavy atom. The molecule has 1 aromatic rings. The molecule has 2 aliphatic rings. The molecule has 2 bridgehead atoms. The maximum absolute atomic E-state index is 10.0. The van der Waals surface area contributed by atoms with E-state index in [1.165, 1.54) is 44.1 Å². The molecule has 1 aromatic carbocycles. The van der Waals surface area contributed by atoms with Crippen LogP contribution in [-0.2, 0) is 15.1 Å². The van der Waals surface area contributed by atoms with Gasteiger partial charge in [0, 0.05) is 18.4 Å². The Morgan fingerprint density at radius 1 is 1.09 bits per heavy atom. The number of carbonyl (C=O) groups is 1. The lowest BCUT2D eigenvalue weighted by molar-refractivity contribution is -0.148. The predicted molar refractivity (Wildman–Crippen MR) is 133 cm³/mol. The van der Waals surface area contributed by atoms with E-state index in [1.54, 1.807) is 0 Å². The molecule has 4 heteroatoms. The number of carboxylic acid groups (broad SMARTS) is 1. The number of aliphatic carboxylic acids is 1. The molecule has 2 aliphatic carbocycles. The molecule has 0 saturated heterocycles. The quantitative estimate of drug-likeness (QED) is 0.383. The Bertz CT molecular complexity index is 702. The zero-order valence-electron chi connectivity index (χ0n) is 21.5. The molecule has 0 heterocycles. The van der Waals surface area contributed by atoms with Gasteiger partial charge in [-0.2, -0.15) is 0 Å². The van der Waals surface area contributed by atoms with E-state index in [0.717, 1.165) is 31.9 Å². The molecule has 0 spiro atoms. The van der Waals surface area contributed by atoms with Gasteiger partial charge in [0.05, 0.1) is 12.2 Å². The largest absolute Gasteiger partial charge is 0.481 e.